The maximum Gasteiger partial charge on any atom is 0.236 e. The standard InChI is InChI=1S/C45H29N3O/c1-28-13-5-7-18-32(28)36-22-12-23-37-42-44(49-43(36)37)41(30-15-3-2-4-16-30)46-45(47-42)48-39-24-10-9-20-35(39)38-27-31(25-26-40(38)48)34-21-11-17-29-14-6-8-19-33(29)34/h2-27H,1H3. The van der Waals surface area contributed by atoms with E-state index >= 15 is 0 Å². The lowest BCUT2D eigenvalue weighted by molar-refractivity contribution is 0.667. The maximum absolute atomic E-state index is 6.79. The van der Waals surface area contributed by atoms with Gasteiger partial charge < -0.3 is 4.42 Å². The van der Waals surface area contributed by atoms with Gasteiger partial charge in [0.05, 0.1) is 11.0 Å². The van der Waals surface area contributed by atoms with Gasteiger partial charge in [-0.2, -0.15) is 0 Å². The first-order valence-electron chi connectivity index (χ1n) is 16.6. The second kappa shape index (κ2) is 10.8. The van der Waals surface area contributed by atoms with Gasteiger partial charge in [-0.15, -0.1) is 0 Å². The summed E-state index contributed by atoms with van der Waals surface area (Å²) in [4.78, 5) is 10.6. The quantitative estimate of drug-likeness (QED) is 0.195. The molecule has 49 heavy (non-hydrogen) atoms. The molecule has 0 bridgehead atoms. The lowest BCUT2D eigenvalue weighted by Crippen LogP contribution is -2.02. The molecule has 4 heteroatoms. The Morgan fingerprint density at radius 3 is 2.04 bits per heavy atom. The van der Waals surface area contributed by atoms with Gasteiger partial charge in [0.25, 0.3) is 0 Å². The number of benzene rings is 7. The summed E-state index contributed by atoms with van der Waals surface area (Å²) >= 11 is 0. The van der Waals surface area contributed by atoms with E-state index in [1.165, 1.54) is 27.5 Å². The highest BCUT2D eigenvalue weighted by Gasteiger charge is 2.23. The molecule has 230 valence electrons. The first-order chi connectivity index (χ1) is 24.2. The molecule has 0 radical (unpaired) electrons. The Bertz CT molecular complexity index is 2890. The molecule has 0 N–H and O–H groups in total. The van der Waals surface area contributed by atoms with E-state index in [9.17, 15) is 0 Å². The first kappa shape index (κ1) is 27.6. The van der Waals surface area contributed by atoms with Crippen LogP contribution < -0.4 is 0 Å². The Balaban J connectivity index is 1.27. The molecule has 0 saturated heterocycles. The van der Waals surface area contributed by atoms with Crippen molar-refractivity contribution >= 4 is 54.6 Å². The van der Waals surface area contributed by atoms with Crippen molar-refractivity contribution in [3.63, 3.8) is 0 Å². The average Bonchev–Trinajstić information content (AvgIpc) is 3.70. The SMILES string of the molecule is Cc1ccccc1-c1cccc2c1oc1c(-c3ccccc3)nc(-n3c4ccccc4c4cc(-c5cccc6ccccc56)ccc43)nc12. The number of nitrogens with zero attached hydrogens (tertiary/aromatic N) is 3. The Labute approximate surface area is 282 Å². The van der Waals surface area contributed by atoms with Crippen molar-refractivity contribution in [3.8, 4) is 39.5 Å². The van der Waals surface area contributed by atoms with Gasteiger partial charge in [-0.3, -0.25) is 4.57 Å². The van der Waals surface area contributed by atoms with Crippen molar-refractivity contribution in [3.05, 3.63) is 163 Å². The van der Waals surface area contributed by atoms with Gasteiger partial charge in [0.15, 0.2) is 5.58 Å². The molecule has 0 spiro atoms. The van der Waals surface area contributed by atoms with Gasteiger partial charge in [-0.1, -0.05) is 133 Å². The maximum atomic E-state index is 6.79. The van der Waals surface area contributed by atoms with E-state index in [1.54, 1.807) is 0 Å². The summed E-state index contributed by atoms with van der Waals surface area (Å²) in [6.45, 7) is 2.14. The first-order valence-corrected chi connectivity index (χ1v) is 16.6. The van der Waals surface area contributed by atoms with Gasteiger partial charge in [-0.05, 0) is 64.2 Å². The summed E-state index contributed by atoms with van der Waals surface area (Å²) in [5.41, 5.74) is 11.9. The summed E-state index contributed by atoms with van der Waals surface area (Å²) in [6, 6.07) is 55.4. The van der Waals surface area contributed by atoms with Gasteiger partial charge in [-0.25, -0.2) is 9.97 Å². The van der Waals surface area contributed by atoms with Gasteiger partial charge in [0, 0.05) is 27.3 Å². The molecule has 7 aromatic carbocycles. The van der Waals surface area contributed by atoms with Crippen LogP contribution in [0.2, 0.25) is 0 Å². The molecule has 10 rings (SSSR count). The van der Waals surface area contributed by atoms with Crippen molar-refractivity contribution in [1.29, 1.82) is 0 Å². The summed E-state index contributed by atoms with van der Waals surface area (Å²) in [6.07, 6.45) is 0. The van der Waals surface area contributed by atoms with Gasteiger partial charge in [0.2, 0.25) is 5.95 Å². The van der Waals surface area contributed by atoms with Crippen LogP contribution in [0.5, 0.6) is 0 Å². The summed E-state index contributed by atoms with van der Waals surface area (Å²) in [5, 5.41) is 5.76. The largest absolute Gasteiger partial charge is 0.451 e. The molecular formula is C45H29N3O. The van der Waals surface area contributed by atoms with Crippen LogP contribution in [-0.4, -0.2) is 14.5 Å². The Kier molecular flexibility index (Phi) is 6.06. The second-order valence-corrected chi connectivity index (χ2v) is 12.6. The van der Waals surface area contributed by atoms with Crippen LogP contribution in [0.1, 0.15) is 5.56 Å². The highest BCUT2D eigenvalue weighted by Crippen LogP contribution is 2.41. The van der Waals surface area contributed by atoms with Crippen molar-refractivity contribution in [1.82, 2.24) is 14.5 Å². The molecule has 0 amide bonds. The molecule has 10 aromatic rings. The molecule has 0 aliphatic heterocycles. The molecule has 0 unspecified atom stereocenters. The zero-order valence-electron chi connectivity index (χ0n) is 26.8. The van der Waals surface area contributed by atoms with E-state index < -0.39 is 0 Å². The van der Waals surface area contributed by atoms with Crippen molar-refractivity contribution in [2.75, 3.05) is 0 Å². The molecule has 0 aliphatic carbocycles. The molecule has 0 atom stereocenters. The van der Waals surface area contributed by atoms with Crippen LogP contribution in [0.25, 0.3) is 94.1 Å². The predicted molar refractivity (Wildman–Crippen MR) is 202 cm³/mol. The van der Waals surface area contributed by atoms with E-state index in [2.05, 4.69) is 151 Å². The van der Waals surface area contributed by atoms with Crippen molar-refractivity contribution < 1.29 is 4.42 Å². The third-order valence-corrected chi connectivity index (χ3v) is 9.78. The fraction of sp³-hybridized carbons (Fsp3) is 0.0222. The Hall–Kier alpha value is -6.52. The normalized spacial score (nSPS) is 11.8. The molecule has 3 heterocycles. The summed E-state index contributed by atoms with van der Waals surface area (Å²) in [7, 11) is 0. The fourth-order valence-corrected chi connectivity index (χ4v) is 7.47. The Morgan fingerprint density at radius 2 is 1.14 bits per heavy atom. The monoisotopic (exact) mass is 627 g/mol. The van der Waals surface area contributed by atoms with Crippen LogP contribution in [-0.2, 0) is 0 Å². The molecule has 0 fully saturated rings. The van der Waals surface area contributed by atoms with E-state index in [0.29, 0.717) is 11.5 Å². The topological polar surface area (TPSA) is 43.9 Å². The average molecular weight is 628 g/mol. The van der Waals surface area contributed by atoms with E-state index in [1.807, 2.05) is 18.2 Å². The number of hydrogen-bond donors (Lipinski definition) is 0. The number of aromatic nitrogens is 3. The molecule has 0 aliphatic rings. The number of rotatable bonds is 4. The van der Waals surface area contributed by atoms with Crippen molar-refractivity contribution in [2.45, 2.75) is 6.92 Å². The van der Waals surface area contributed by atoms with Crippen molar-refractivity contribution in [2.24, 2.45) is 0 Å². The minimum atomic E-state index is 0.611. The predicted octanol–water partition coefficient (Wildman–Crippen LogP) is 11.9. The van der Waals surface area contributed by atoms with E-state index in [4.69, 9.17) is 14.4 Å². The van der Waals surface area contributed by atoms with Gasteiger partial charge >= 0.3 is 0 Å². The van der Waals surface area contributed by atoms with Crippen LogP contribution in [0.3, 0.4) is 0 Å². The number of aryl methyl sites for hydroxylation is 1. The zero-order chi connectivity index (χ0) is 32.5. The van der Waals surface area contributed by atoms with Crippen LogP contribution in [0.15, 0.2) is 162 Å². The van der Waals surface area contributed by atoms with Gasteiger partial charge in [0.1, 0.15) is 16.8 Å². The van der Waals surface area contributed by atoms with Crippen LogP contribution in [0.4, 0.5) is 0 Å². The highest BCUT2D eigenvalue weighted by atomic mass is 16.3. The smallest absolute Gasteiger partial charge is 0.236 e. The second-order valence-electron chi connectivity index (χ2n) is 12.6. The molecule has 3 aromatic heterocycles. The summed E-state index contributed by atoms with van der Waals surface area (Å²) < 4.78 is 8.99. The van der Waals surface area contributed by atoms with E-state index in [0.717, 1.165) is 60.7 Å². The minimum Gasteiger partial charge on any atom is -0.451 e. The number of fused-ring (bicyclic) bond motifs is 7. The van der Waals surface area contributed by atoms with Crippen LogP contribution in [0, 0.1) is 6.92 Å². The third kappa shape index (κ3) is 4.24. The highest BCUT2D eigenvalue weighted by molar-refractivity contribution is 6.13. The van der Waals surface area contributed by atoms with Crippen LogP contribution >= 0.6 is 0 Å². The Morgan fingerprint density at radius 1 is 0.469 bits per heavy atom. The summed E-state index contributed by atoms with van der Waals surface area (Å²) in [5.74, 6) is 0.611. The lowest BCUT2D eigenvalue weighted by atomic mass is 9.97. The zero-order valence-corrected chi connectivity index (χ0v) is 26.8. The number of para-hydroxylation sites is 2. The molecular weight excluding hydrogens is 599 g/mol. The number of furan rings is 1. The molecule has 0 saturated carbocycles. The fourth-order valence-electron chi connectivity index (χ4n) is 7.47. The number of hydrogen-bond acceptors (Lipinski definition) is 3. The third-order valence-electron chi connectivity index (χ3n) is 9.78. The molecule has 4 nitrogen and oxygen atoms in total. The van der Waals surface area contributed by atoms with E-state index in [-0.39, 0.29) is 0 Å². The minimum absolute atomic E-state index is 0.611. The lowest BCUT2D eigenvalue weighted by Gasteiger charge is -2.10.